The van der Waals surface area contributed by atoms with Crippen LogP contribution in [-0.2, 0) is 5.75 Å². The number of thioether (sulfide) groups is 1. The predicted molar refractivity (Wildman–Crippen MR) is 112 cm³/mol. The number of thiophene rings is 1. The molecule has 0 atom stereocenters. The topological polar surface area (TPSA) is 58.6 Å². The van der Waals surface area contributed by atoms with E-state index in [9.17, 15) is 4.79 Å². The zero-order valence-electron chi connectivity index (χ0n) is 14.6. The molecule has 0 bridgehead atoms. The lowest BCUT2D eigenvalue weighted by atomic mass is 10.0. The van der Waals surface area contributed by atoms with Crippen molar-refractivity contribution in [1.29, 1.82) is 0 Å². The van der Waals surface area contributed by atoms with Crippen LogP contribution in [0, 0.1) is 20.8 Å². The smallest absolute Gasteiger partial charge is 0.260 e. The highest BCUT2D eigenvalue weighted by molar-refractivity contribution is 8.00. The van der Waals surface area contributed by atoms with Crippen molar-refractivity contribution in [3.05, 3.63) is 62.0 Å². The molecule has 0 fully saturated rings. The molecule has 1 aromatic carbocycles. The van der Waals surface area contributed by atoms with Crippen LogP contribution in [0.3, 0.4) is 0 Å². The number of aromatic nitrogens is 3. The second-order valence-corrected chi connectivity index (χ2v) is 9.42. The minimum absolute atomic E-state index is 0.0687. The van der Waals surface area contributed by atoms with Gasteiger partial charge in [0.15, 0.2) is 4.34 Å². The molecular weight excluding hydrogens is 382 g/mol. The van der Waals surface area contributed by atoms with Crippen molar-refractivity contribution in [3.8, 4) is 11.1 Å². The van der Waals surface area contributed by atoms with E-state index in [1.165, 1.54) is 5.56 Å². The third-order valence-corrected chi connectivity index (χ3v) is 7.21. The van der Waals surface area contributed by atoms with Gasteiger partial charge in [0, 0.05) is 21.5 Å². The molecule has 3 aromatic heterocycles. The van der Waals surface area contributed by atoms with Crippen molar-refractivity contribution in [2.24, 2.45) is 0 Å². The first-order valence-corrected chi connectivity index (χ1v) is 10.8. The molecule has 1 N–H and O–H groups in total. The number of benzene rings is 1. The van der Waals surface area contributed by atoms with Gasteiger partial charge in [0.2, 0.25) is 0 Å². The Kier molecular flexibility index (Phi) is 4.69. The fourth-order valence-corrected chi connectivity index (χ4v) is 5.61. The first kappa shape index (κ1) is 17.5. The summed E-state index contributed by atoms with van der Waals surface area (Å²) in [5.41, 5.74) is 4.21. The fourth-order valence-electron chi connectivity index (χ4n) is 2.83. The van der Waals surface area contributed by atoms with Crippen LogP contribution in [0.15, 0.2) is 38.8 Å². The lowest BCUT2D eigenvalue weighted by Gasteiger charge is -2.03. The molecule has 0 saturated heterocycles. The van der Waals surface area contributed by atoms with Crippen molar-refractivity contribution >= 4 is 44.7 Å². The summed E-state index contributed by atoms with van der Waals surface area (Å²) in [6.45, 7) is 6.09. The number of aromatic amines is 1. The SMILES string of the molecule is Cc1ccc(-c2c(C)sc3nc(CSc4nc(C)cs4)[nH]c(=O)c23)cc1. The maximum atomic E-state index is 12.8. The first-order chi connectivity index (χ1) is 12.5. The van der Waals surface area contributed by atoms with Crippen LogP contribution in [-0.4, -0.2) is 15.0 Å². The van der Waals surface area contributed by atoms with E-state index in [1.807, 2.05) is 19.2 Å². The van der Waals surface area contributed by atoms with Gasteiger partial charge in [-0.1, -0.05) is 41.6 Å². The van der Waals surface area contributed by atoms with E-state index in [0.717, 1.165) is 30.9 Å². The van der Waals surface area contributed by atoms with E-state index in [-0.39, 0.29) is 5.56 Å². The molecule has 0 aliphatic rings. The molecule has 4 aromatic rings. The number of aryl methyl sites for hydroxylation is 3. The van der Waals surface area contributed by atoms with Gasteiger partial charge in [0.25, 0.3) is 5.56 Å². The molecule has 0 amide bonds. The zero-order chi connectivity index (χ0) is 18.3. The Labute approximate surface area is 163 Å². The van der Waals surface area contributed by atoms with Crippen molar-refractivity contribution in [3.63, 3.8) is 0 Å². The van der Waals surface area contributed by atoms with Crippen molar-refractivity contribution in [2.45, 2.75) is 30.9 Å². The Balaban J connectivity index is 1.72. The normalized spacial score (nSPS) is 11.3. The van der Waals surface area contributed by atoms with E-state index in [0.29, 0.717) is 17.0 Å². The Bertz CT molecular complexity index is 1140. The number of fused-ring (bicyclic) bond motifs is 1. The van der Waals surface area contributed by atoms with Gasteiger partial charge in [-0.05, 0) is 26.3 Å². The third-order valence-electron chi connectivity index (χ3n) is 4.06. The van der Waals surface area contributed by atoms with Gasteiger partial charge in [-0.2, -0.15) is 0 Å². The molecule has 4 rings (SSSR count). The Morgan fingerprint density at radius 3 is 2.58 bits per heavy atom. The summed E-state index contributed by atoms with van der Waals surface area (Å²) in [6, 6.07) is 8.28. The summed E-state index contributed by atoms with van der Waals surface area (Å²) in [4.78, 5) is 26.8. The highest BCUT2D eigenvalue weighted by Gasteiger charge is 2.16. The van der Waals surface area contributed by atoms with Gasteiger partial charge in [-0.25, -0.2) is 9.97 Å². The first-order valence-electron chi connectivity index (χ1n) is 8.15. The van der Waals surface area contributed by atoms with Crippen LogP contribution in [0.1, 0.15) is 22.0 Å². The Hall–Kier alpha value is -1.96. The van der Waals surface area contributed by atoms with Gasteiger partial charge in [-0.3, -0.25) is 4.79 Å². The average Bonchev–Trinajstić information content (AvgIpc) is 3.16. The molecule has 0 radical (unpaired) electrons. The monoisotopic (exact) mass is 399 g/mol. The molecule has 0 saturated carbocycles. The molecule has 0 aliphatic heterocycles. The second kappa shape index (κ2) is 6.98. The quantitative estimate of drug-likeness (QED) is 0.472. The van der Waals surface area contributed by atoms with E-state index >= 15 is 0 Å². The molecule has 26 heavy (non-hydrogen) atoms. The van der Waals surface area contributed by atoms with E-state index < -0.39 is 0 Å². The molecule has 0 aliphatic carbocycles. The highest BCUT2D eigenvalue weighted by atomic mass is 32.2. The van der Waals surface area contributed by atoms with Crippen LogP contribution in [0.4, 0.5) is 0 Å². The highest BCUT2D eigenvalue weighted by Crippen LogP contribution is 2.36. The summed E-state index contributed by atoms with van der Waals surface area (Å²) < 4.78 is 0.993. The lowest BCUT2D eigenvalue weighted by molar-refractivity contribution is 1.04. The van der Waals surface area contributed by atoms with Gasteiger partial charge in [0.1, 0.15) is 10.7 Å². The molecular formula is C19H17N3OS3. The molecule has 4 nitrogen and oxygen atoms in total. The van der Waals surface area contributed by atoms with Crippen LogP contribution in [0.25, 0.3) is 21.3 Å². The van der Waals surface area contributed by atoms with Crippen LogP contribution >= 0.6 is 34.4 Å². The number of nitrogens with one attached hydrogen (secondary N) is 1. The van der Waals surface area contributed by atoms with Crippen LogP contribution < -0.4 is 5.56 Å². The number of H-pyrrole nitrogens is 1. The number of hydrogen-bond donors (Lipinski definition) is 1. The number of nitrogens with zero attached hydrogens (tertiary/aromatic N) is 2. The summed E-state index contributed by atoms with van der Waals surface area (Å²) in [5, 5.41) is 2.72. The molecule has 0 spiro atoms. The van der Waals surface area contributed by atoms with Gasteiger partial charge < -0.3 is 4.98 Å². The number of hydrogen-bond acceptors (Lipinski definition) is 6. The average molecular weight is 400 g/mol. The number of thiazole rings is 1. The van der Waals surface area contributed by atoms with Gasteiger partial charge in [-0.15, -0.1) is 22.7 Å². The zero-order valence-corrected chi connectivity index (χ0v) is 17.1. The minimum atomic E-state index is -0.0687. The second-order valence-electron chi connectivity index (χ2n) is 6.14. The standard InChI is InChI=1S/C19H17N3OS3/c1-10-4-6-13(7-5-10)15-12(3)26-18-16(15)17(23)21-14(22-18)9-25-19-20-11(2)8-24-19/h4-8H,9H2,1-3H3,(H,21,22,23). The van der Waals surface area contributed by atoms with E-state index in [1.54, 1.807) is 34.4 Å². The predicted octanol–water partition coefficient (Wildman–Crippen LogP) is 5.33. The van der Waals surface area contributed by atoms with Crippen molar-refractivity contribution in [1.82, 2.24) is 15.0 Å². The van der Waals surface area contributed by atoms with Crippen LogP contribution in [0.2, 0.25) is 0 Å². The Morgan fingerprint density at radius 1 is 1.12 bits per heavy atom. The molecule has 7 heteroatoms. The maximum Gasteiger partial charge on any atom is 0.260 e. The Morgan fingerprint density at radius 2 is 1.88 bits per heavy atom. The van der Waals surface area contributed by atoms with E-state index in [2.05, 4.69) is 41.2 Å². The lowest BCUT2D eigenvalue weighted by Crippen LogP contribution is -2.10. The van der Waals surface area contributed by atoms with Crippen LogP contribution in [0.5, 0.6) is 0 Å². The van der Waals surface area contributed by atoms with Gasteiger partial charge in [0.05, 0.1) is 11.1 Å². The summed E-state index contributed by atoms with van der Waals surface area (Å²) in [7, 11) is 0. The summed E-state index contributed by atoms with van der Waals surface area (Å²) in [6.07, 6.45) is 0. The van der Waals surface area contributed by atoms with Crippen molar-refractivity contribution < 1.29 is 0 Å². The summed E-state index contributed by atoms with van der Waals surface area (Å²) >= 11 is 4.79. The number of rotatable bonds is 4. The fraction of sp³-hybridized carbons (Fsp3) is 0.211. The molecule has 0 unspecified atom stereocenters. The van der Waals surface area contributed by atoms with E-state index in [4.69, 9.17) is 4.98 Å². The minimum Gasteiger partial charge on any atom is -0.309 e. The largest absolute Gasteiger partial charge is 0.309 e. The van der Waals surface area contributed by atoms with Gasteiger partial charge >= 0.3 is 0 Å². The van der Waals surface area contributed by atoms with Crippen molar-refractivity contribution in [2.75, 3.05) is 0 Å². The third kappa shape index (κ3) is 3.34. The summed E-state index contributed by atoms with van der Waals surface area (Å²) in [5.74, 6) is 1.30. The molecule has 132 valence electrons. The maximum absolute atomic E-state index is 12.8. The molecule has 3 heterocycles.